The fraction of sp³-hybridized carbons (Fsp3) is 0.300. The molecule has 26 heavy (non-hydrogen) atoms. The van der Waals surface area contributed by atoms with Gasteiger partial charge in [-0.1, -0.05) is 6.07 Å². The Bertz CT molecular complexity index is 757. The Balaban J connectivity index is 1.81. The van der Waals surface area contributed by atoms with Crippen molar-refractivity contribution < 1.29 is 19.1 Å². The Labute approximate surface area is 153 Å². The summed E-state index contributed by atoms with van der Waals surface area (Å²) in [5.41, 5.74) is 2.49. The van der Waals surface area contributed by atoms with E-state index < -0.39 is 0 Å². The highest BCUT2D eigenvalue weighted by atomic mass is 16.5. The van der Waals surface area contributed by atoms with Crippen LogP contribution in [0.25, 0.3) is 0 Å². The molecular weight excluding hydrogens is 332 g/mol. The number of benzene rings is 2. The lowest BCUT2D eigenvalue weighted by Gasteiger charge is -2.10. The molecule has 2 aromatic carbocycles. The van der Waals surface area contributed by atoms with Crippen LogP contribution in [0, 0.1) is 0 Å². The quantitative estimate of drug-likeness (QED) is 0.757. The molecule has 0 aliphatic heterocycles. The molecule has 138 valence electrons. The molecule has 2 amide bonds. The molecule has 0 heterocycles. The van der Waals surface area contributed by atoms with E-state index in [0.29, 0.717) is 29.3 Å². The maximum absolute atomic E-state index is 12.1. The SMILES string of the molecule is COc1ccc(CCCC(=O)Nc2ccc(NC(C)=O)cc2)cc1OC. The lowest BCUT2D eigenvalue weighted by atomic mass is 10.1. The largest absolute Gasteiger partial charge is 0.493 e. The third kappa shape index (κ3) is 5.81. The second-order valence-electron chi connectivity index (χ2n) is 5.85. The van der Waals surface area contributed by atoms with Crippen LogP contribution < -0.4 is 20.1 Å². The van der Waals surface area contributed by atoms with Gasteiger partial charge in [-0.05, 0) is 54.8 Å². The van der Waals surface area contributed by atoms with Crippen LogP contribution in [0.15, 0.2) is 42.5 Å². The zero-order valence-corrected chi connectivity index (χ0v) is 15.3. The molecule has 0 aliphatic rings. The van der Waals surface area contributed by atoms with Crippen LogP contribution in [-0.4, -0.2) is 26.0 Å². The minimum atomic E-state index is -0.128. The van der Waals surface area contributed by atoms with Gasteiger partial charge in [-0.15, -0.1) is 0 Å². The van der Waals surface area contributed by atoms with Crippen molar-refractivity contribution in [1.29, 1.82) is 0 Å². The number of anilines is 2. The first-order valence-corrected chi connectivity index (χ1v) is 8.40. The summed E-state index contributed by atoms with van der Waals surface area (Å²) < 4.78 is 10.5. The highest BCUT2D eigenvalue weighted by molar-refractivity contribution is 5.92. The van der Waals surface area contributed by atoms with Crippen LogP contribution in [0.1, 0.15) is 25.3 Å². The van der Waals surface area contributed by atoms with E-state index in [1.54, 1.807) is 38.5 Å². The molecule has 2 N–H and O–H groups in total. The monoisotopic (exact) mass is 356 g/mol. The minimum absolute atomic E-state index is 0.0437. The first kappa shape index (κ1) is 19.3. The Kier molecular flexibility index (Phi) is 7.02. The van der Waals surface area contributed by atoms with Gasteiger partial charge in [-0.25, -0.2) is 0 Å². The third-order valence-corrected chi connectivity index (χ3v) is 3.81. The molecule has 0 unspecified atom stereocenters. The number of hydrogen-bond donors (Lipinski definition) is 2. The number of rotatable bonds is 8. The Morgan fingerprint density at radius 3 is 2.08 bits per heavy atom. The molecule has 0 atom stereocenters. The maximum Gasteiger partial charge on any atom is 0.224 e. The van der Waals surface area contributed by atoms with Crippen molar-refractivity contribution in [2.75, 3.05) is 24.9 Å². The predicted molar refractivity (Wildman–Crippen MR) is 102 cm³/mol. The van der Waals surface area contributed by atoms with Gasteiger partial charge in [0.1, 0.15) is 0 Å². The second kappa shape index (κ2) is 9.46. The molecular formula is C20H24N2O4. The van der Waals surface area contributed by atoms with Crippen molar-refractivity contribution in [2.24, 2.45) is 0 Å². The molecule has 0 aliphatic carbocycles. The van der Waals surface area contributed by atoms with Gasteiger partial charge in [0, 0.05) is 24.7 Å². The number of nitrogens with one attached hydrogen (secondary N) is 2. The highest BCUT2D eigenvalue weighted by Gasteiger charge is 2.07. The van der Waals surface area contributed by atoms with Crippen LogP contribution >= 0.6 is 0 Å². The molecule has 0 fully saturated rings. The lowest BCUT2D eigenvalue weighted by molar-refractivity contribution is -0.116. The average Bonchev–Trinajstić information content (AvgIpc) is 2.62. The molecule has 0 bridgehead atoms. The number of hydrogen-bond acceptors (Lipinski definition) is 4. The smallest absolute Gasteiger partial charge is 0.224 e. The zero-order chi connectivity index (χ0) is 18.9. The normalized spacial score (nSPS) is 10.1. The number of carbonyl (C=O) groups is 2. The summed E-state index contributed by atoms with van der Waals surface area (Å²) in [6.45, 7) is 1.45. The first-order valence-electron chi connectivity index (χ1n) is 8.40. The van der Waals surface area contributed by atoms with E-state index in [2.05, 4.69) is 10.6 Å². The van der Waals surface area contributed by atoms with Gasteiger partial charge in [0.25, 0.3) is 0 Å². The Morgan fingerprint density at radius 2 is 1.50 bits per heavy atom. The van der Waals surface area contributed by atoms with Gasteiger partial charge in [-0.2, -0.15) is 0 Å². The van der Waals surface area contributed by atoms with Crippen molar-refractivity contribution in [3.63, 3.8) is 0 Å². The van der Waals surface area contributed by atoms with Crippen LogP contribution in [-0.2, 0) is 16.0 Å². The van der Waals surface area contributed by atoms with Gasteiger partial charge in [-0.3, -0.25) is 9.59 Å². The zero-order valence-electron chi connectivity index (χ0n) is 15.3. The van der Waals surface area contributed by atoms with E-state index >= 15 is 0 Å². The van der Waals surface area contributed by atoms with Crippen LogP contribution in [0.3, 0.4) is 0 Å². The molecule has 2 rings (SSSR count). The molecule has 0 aromatic heterocycles. The maximum atomic E-state index is 12.1. The number of carbonyl (C=O) groups excluding carboxylic acids is 2. The van der Waals surface area contributed by atoms with Crippen LogP contribution in [0.2, 0.25) is 0 Å². The van der Waals surface area contributed by atoms with Crippen molar-refractivity contribution in [3.8, 4) is 11.5 Å². The first-order chi connectivity index (χ1) is 12.5. The molecule has 0 spiro atoms. The minimum Gasteiger partial charge on any atom is -0.493 e. The van der Waals surface area contributed by atoms with E-state index in [4.69, 9.17) is 9.47 Å². The van der Waals surface area contributed by atoms with E-state index in [1.165, 1.54) is 6.92 Å². The Hall–Kier alpha value is -3.02. The summed E-state index contributed by atoms with van der Waals surface area (Å²) in [6.07, 6.45) is 1.92. The van der Waals surface area contributed by atoms with E-state index in [0.717, 1.165) is 18.4 Å². The summed E-state index contributed by atoms with van der Waals surface area (Å²) in [5.74, 6) is 1.21. The summed E-state index contributed by atoms with van der Waals surface area (Å²) in [5, 5.41) is 5.54. The lowest BCUT2D eigenvalue weighted by Crippen LogP contribution is -2.11. The summed E-state index contributed by atoms with van der Waals surface area (Å²) in [6, 6.07) is 12.8. The second-order valence-corrected chi connectivity index (χ2v) is 5.85. The number of methoxy groups -OCH3 is 2. The summed E-state index contributed by atoms with van der Waals surface area (Å²) in [4.78, 5) is 23.1. The molecule has 6 heteroatoms. The van der Waals surface area contributed by atoms with Gasteiger partial charge < -0.3 is 20.1 Å². The van der Waals surface area contributed by atoms with E-state index in [-0.39, 0.29) is 11.8 Å². The van der Waals surface area contributed by atoms with Crippen LogP contribution in [0.4, 0.5) is 11.4 Å². The number of ether oxygens (including phenoxy) is 2. The van der Waals surface area contributed by atoms with Gasteiger partial charge in [0.15, 0.2) is 11.5 Å². The van der Waals surface area contributed by atoms with Crippen molar-refractivity contribution in [2.45, 2.75) is 26.2 Å². The van der Waals surface area contributed by atoms with Crippen molar-refractivity contribution >= 4 is 23.2 Å². The average molecular weight is 356 g/mol. The van der Waals surface area contributed by atoms with E-state index in [1.807, 2.05) is 18.2 Å². The van der Waals surface area contributed by atoms with Crippen molar-refractivity contribution in [3.05, 3.63) is 48.0 Å². The standard InChI is InChI=1S/C20H24N2O4/c1-14(23)21-16-8-10-17(11-9-16)22-20(24)6-4-5-15-7-12-18(25-2)19(13-15)26-3/h7-13H,4-6H2,1-3H3,(H,21,23)(H,22,24). The number of amides is 2. The number of aryl methyl sites for hydroxylation is 1. The fourth-order valence-electron chi connectivity index (χ4n) is 2.55. The molecule has 6 nitrogen and oxygen atoms in total. The molecule has 2 aromatic rings. The molecule has 0 radical (unpaired) electrons. The molecule has 0 saturated heterocycles. The van der Waals surface area contributed by atoms with Gasteiger partial charge in [0.2, 0.25) is 11.8 Å². The van der Waals surface area contributed by atoms with E-state index in [9.17, 15) is 9.59 Å². The van der Waals surface area contributed by atoms with Crippen molar-refractivity contribution in [1.82, 2.24) is 0 Å². The summed E-state index contributed by atoms with van der Waals surface area (Å²) in [7, 11) is 3.21. The summed E-state index contributed by atoms with van der Waals surface area (Å²) >= 11 is 0. The topological polar surface area (TPSA) is 76.7 Å². The van der Waals surface area contributed by atoms with Crippen LogP contribution in [0.5, 0.6) is 11.5 Å². The van der Waals surface area contributed by atoms with Gasteiger partial charge in [0.05, 0.1) is 14.2 Å². The molecule has 0 saturated carbocycles. The third-order valence-electron chi connectivity index (χ3n) is 3.81. The predicted octanol–water partition coefficient (Wildman–Crippen LogP) is 3.62. The Morgan fingerprint density at radius 1 is 0.885 bits per heavy atom. The van der Waals surface area contributed by atoms with Gasteiger partial charge >= 0.3 is 0 Å². The fourth-order valence-corrected chi connectivity index (χ4v) is 2.55. The highest BCUT2D eigenvalue weighted by Crippen LogP contribution is 2.28.